The third-order valence-corrected chi connectivity index (χ3v) is 1.09. The van der Waals surface area contributed by atoms with Crippen molar-refractivity contribution in [1.82, 2.24) is 10.6 Å². The molecule has 0 radical (unpaired) electrons. The molecule has 62 valence electrons. The van der Waals surface area contributed by atoms with Gasteiger partial charge in [0.15, 0.2) is 0 Å². The molecule has 0 rings (SSSR count). The normalized spacial score (nSPS) is 8.73. The van der Waals surface area contributed by atoms with Gasteiger partial charge in [0.1, 0.15) is 0 Å². The number of nitrogens with zero attached hydrogens (tertiary/aromatic N) is 1. The molecule has 0 saturated heterocycles. The fourth-order valence-electron chi connectivity index (χ4n) is 0.559. The summed E-state index contributed by atoms with van der Waals surface area (Å²) in [6.45, 7) is 3.50. The summed E-state index contributed by atoms with van der Waals surface area (Å²) < 4.78 is 0. The van der Waals surface area contributed by atoms with Gasteiger partial charge in [-0.3, -0.25) is 4.79 Å². The summed E-state index contributed by atoms with van der Waals surface area (Å²) in [6.07, 6.45) is 0.373. The lowest BCUT2D eigenvalue weighted by Gasteiger charge is -2.01. The second kappa shape index (κ2) is 7.03. The Kier molecular flexibility index (Phi) is 6.34. The summed E-state index contributed by atoms with van der Waals surface area (Å²) in [6, 6.07) is 1.94. The molecule has 0 saturated carbocycles. The molecular weight excluding hydrogens is 142 g/mol. The smallest absolute Gasteiger partial charge is 0.233 e. The van der Waals surface area contributed by atoms with E-state index >= 15 is 0 Å². The Bertz CT molecular complexity index is 150. The first kappa shape index (κ1) is 9.92. The van der Waals surface area contributed by atoms with E-state index in [0.717, 1.165) is 6.54 Å². The van der Waals surface area contributed by atoms with Crippen LogP contribution in [0.5, 0.6) is 0 Å². The summed E-state index contributed by atoms with van der Waals surface area (Å²) in [5.41, 5.74) is 0. The van der Waals surface area contributed by atoms with Gasteiger partial charge >= 0.3 is 0 Å². The minimum Gasteiger partial charge on any atom is -0.354 e. The molecule has 0 bridgehead atoms. The first-order chi connectivity index (χ1) is 5.31. The first-order valence-electron chi connectivity index (χ1n) is 3.65. The molecule has 1 amide bonds. The van der Waals surface area contributed by atoms with Gasteiger partial charge < -0.3 is 10.6 Å². The number of carbonyl (C=O) groups excluding carboxylic acids is 1. The number of hydrogen-bond acceptors (Lipinski definition) is 3. The van der Waals surface area contributed by atoms with Gasteiger partial charge in [0.2, 0.25) is 5.91 Å². The quantitative estimate of drug-likeness (QED) is 0.532. The van der Waals surface area contributed by atoms with Crippen LogP contribution in [-0.4, -0.2) is 25.5 Å². The second-order valence-electron chi connectivity index (χ2n) is 2.04. The van der Waals surface area contributed by atoms with Gasteiger partial charge in [-0.25, -0.2) is 0 Å². The highest BCUT2D eigenvalue weighted by molar-refractivity contribution is 5.77. The fourth-order valence-corrected chi connectivity index (χ4v) is 0.559. The van der Waals surface area contributed by atoms with Crippen molar-refractivity contribution in [3.63, 3.8) is 0 Å². The molecule has 0 aromatic rings. The Balaban J connectivity index is 3.17. The van der Waals surface area contributed by atoms with E-state index in [4.69, 9.17) is 5.26 Å². The van der Waals surface area contributed by atoms with Gasteiger partial charge in [-0.2, -0.15) is 5.26 Å². The molecule has 0 aromatic carbocycles. The van der Waals surface area contributed by atoms with Crippen molar-refractivity contribution in [2.75, 3.05) is 19.6 Å². The standard InChI is InChI=1S/C7H13N3O/c1-2-9-6-7(11)10-5-3-4-8/h9H,2-3,5-6H2,1H3,(H,10,11). The average Bonchev–Trinajstić information content (AvgIpc) is 2.01. The molecule has 11 heavy (non-hydrogen) atoms. The van der Waals surface area contributed by atoms with Crippen LogP contribution in [0.3, 0.4) is 0 Å². The van der Waals surface area contributed by atoms with Crippen LogP contribution in [-0.2, 0) is 4.79 Å². The van der Waals surface area contributed by atoms with E-state index in [2.05, 4.69) is 10.6 Å². The van der Waals surface area contributed by atoms with Crippen molar-refractivity contribution in [3.05, 3.63) is 0 Å². The number of nitrogens with one attached hydrogen (secondary N) is 2. The molecule has 0 aliphatic rings. The lowest BCUT2D eigenvalue weighted by atomic mass is 10.4. The molecule has 0 fully saturated rings. The van der Waals surface area contributed by atoms with E-state index in [-0.39, 0.29) is 5.91 Å². The third kappa shape index (κ3) is 6.81. The van der Waals surface area contributed by atoms with Crippen LogP contribution >= 0.6 is 0 Å². The van der Waals surface area contributed by atoms with E-state index < -0.39 is 0 Å². The number of likely N-dealkylation sites (N-methyl/N-ethyl adjacent to an activating group) is 1. The second-order valence-corrected chi connectivity index (χ2v) is 2.04. The zero-order valence-electron chi connectivity index (χ0n) is 6.68. The maximum atomic E-state index is 10.8. The molecular formula is C7H13N3O. The predicted molar refractivity (Wildman–Crippen MR) is 41.8 cm³/mol. The molecule has 4 heteroatoms. The largest absolute Gasteiger partial charge is 0.354 e. The molecule has 0 aliphatic heterocycles. The molecule has 0 atom stereocenters. The van der Waals surface area contributed by atoms with Gasteiger partial charge in [0, 0.05) is 6.54 Å². The zero-order valence-corrected chi connectivity index (χ0v) is 6.68. The average molecular weight is 155 g/mol. The molecule has 0 heterocycles. The van der Waals surface area contributed by atoms with Gasteiger partial charge in [0.05, 0.1) is 19.0 Å². The molecule has 0 unspecified atom stereocenters. The van der Waals surface area contributed by atoms with Crippen molar-refractivity contribution < 1.29 is 4.79 Å². The molecule has 0 aliphatic carbocycles. The van der Waals surface area contributed by atoms with Crippen LogP contribution < -0.4 is 10.6 Å². The van der Waals surface area contributed by atoms with Crippen molar-refractivity contribution in [3.8, 4) is 6.07 Å². The van der Waals surface area contributed by atoms with Crippen LogP contribution in [0.2, 0.25) is 0 Å². The van der Waals surface area contributed by atoms with Crippen LogP contribution in [0.4, 0.5) is 0 Å². The summed E-state index contributed by atoms with van der Waals surface area (Å²) in [7, 11) is 0. The van der Waals surface area contributed by atoms with Crippen LogP contribution in [0, 0.1) is 11.3 Å². The van der Waals surface area contributed by atoms with Crippen molar-refractivity contribution >= 4 is 5.91 Å². The van der Waals surface area contributed by atoms with Crippen LogP contribution in [0.1, 0.15) is 13.3 Å². The third-order valence-electron chi connectivity index (χ3n) is 1.09. The minimum atomic E-state index is -0.0536. The van der Waals surface area contributed by atoms with Gasteiger partial charge in [0.25, 0.3) is 0 Å². The van der Waals surface area contributed by atoms with Crippen LogP contribution in [0.15, 0.2) is 0 Å². The van der Waals surface area contributed by atoms with E-state index in [1.54, 1.807) is 0 Å². The Labute approximate surface area is 66.6 Å². The number of amides is 1. The molecule has 2 N–H and O–H groups in total. The topological polar surface area (TPSA) is 64.9 Å². The van der Waals surface area contributed by atoms with Gasteiger partial charge in [-0.15, -0.1) is 0 Å². The van der Waals surface area contributed by atoms with E-state index in [1.165, 1.54) is 0 Å². The number of rotatable bonds is 5. The van der Waals surface area contributed by atoms with Gasteiger partial charge in [-0.05, 0) is 6.54 Å². The van der Waals surface area contributed by atoms with Gasteiger partial charge in [-0.1, -0.05) is 6.92 Å². The first-order valence-corrected chi connectivity index (χ1v) is 3.65. The number of carbonyl (C=O) groups is 1. The SMILES string of the molecule is CCNCC(=O)NCCC#N. The Morgan fingerprint density at radius 2 is 2.36 bits per heavy atom. The van der Waals surface area contributed by atoms with E-state index in [0.29, 0.717) is 19.5 Å². The van der Waals surface area contributed by atoms with Crippen molar-refractivity contribution in [2.24, 2.45) is 0 Å². The molecule has 0 aromatic heterocycles. The predicted octanol–water partition coefficient (Wildman–Crippen LogP) is -0.374. The number of hydrogen-bond donors (Lipinski definition) is 2. The fraction of sp³-hybridized carbons (Fsp3) is 0.714. The Morgan fingerprint density at radius 1 is 1.64 bits per heavy atom. The highest BCUT2D eigenvalue weighted by Gasteiger charge is 1.96. The summed E-state index contributed by atoms with van der Waals surface area (Å²) in [4.78, 5) is 10.8. The zero-order chi connectivity index (χ0) is 8.53. The van der Waals surface area contributed by atoms with E-state index in [1.807, 2.05) is 13.0 Å². The van der Waals surface area contributed by atoms with Crippen molar-refractivity contribution in [2.45, 2.75) is 13.3 Å². The summed E-state index contributed by atoms with van der Waals surface area (Å²) >= 11 is 0. The summed E-state index contributed by atoms with van der Waals surface area (Å²) in [5.74, 6) is -0.0536. The maximum absolute atomic E-state index is 10.8. The summed E-state index contributed by atoms with van der Waals surface area (Å²) in [5, 5.41) is 13.6. The maximum Gasteiger partial charge on any atom is 0.233 e. The van der Waals surface area contributed by atoms with Crippen molar-refractivity contribution in [1.29, 1.82) is 5.26 Å². The van der Waals surface area contributed by atoms with Crippen LogP contribution in [0.25, 0.3) is 0 Å². The molecule has 0 spiro atoms. The van der Waals surface area contributed by atoms with E-state index in [9.17, 15) is 4.79 Å². The Hall–Kier alpha value is -1.08. The highest BCUT2D eigenvalue weighted by Crippen LogP contribution is 1.70. The highest BCUT2D eigenvalue weighted by atomic mass is 16.1. The minimum absolute atomic E-state index is 0.0536. The lowest BCUT2D eigenvalue weighted by Crippen LogP contribution is -2.34. The molecule has 4 nitrogen and oxygen atoms in total. The monoisotopic (exact) mass is 155 g/mol. The lowest BCUT2D eigenvalue weighted by molar-refractivity contribution is -0.120. The number of nitriles is 1. The Morgan fingerprint density at radius 3 is 2.91 bits per heavy atom.